The Kier molecular flexibility index (Phi) is 4.52. The van der Waals surface area contributed by atoms with Crippen LogP contribution in [0.3, 0.4) is 0 Å². The second kappa shape index (κ2) is 6.14. The summed E-state index contributed by atoms with van der Waals surface area (Å²) in [6.07, 6.45) is 1.82. The Bertz CT molecular complexity index is 537. The molecule has 0 saturated carbocycles. The number of hydrogen-bond donors (Lipinski definition) is 2. The number of hydrazine groups is 1. The number of benzene rings is 1. The van der Waals surface area contributed by atoms with Gasteiger partial charge in [-0.3, -0.25) is 11.3 Å². The lowest BCUT2D eigenvalue weighted by Gasteiger charge is -2.19. The van der Waals surface area contributed by atoms with E-state index in [9.17, 15) is 0 Å². The first-order chi connectivity index (χ1) is 9.15. The Hall–Kier alpha value is -1.43. The summed E-state index contributed by atoms with van der Waals surface area (Å²) in [4.78, 5) is 4.66. The van der Waals surface area contributed by atoms with E-state index in [0.717, 1.165) is 29.7 Å². The molecular weight excluding hydrogens is 240 g/mol. The quantitative estimate of drug-likeness (QED) is 0.609. The van der Waals surface area contributed by atoms with Gasteiger partial charge in [0.15, 0.2) is 0 Å². The molecule has 2 aromatic rings. The Labute approximate surface area is 113 Å². The number of rotatable bonds is 6. The molecule has 1 heterocycles. The molecule has 0 aliphatic heterocycles. The van der Waals surface area contributed by atoms with Crippen molar-refractivity contribution in [2.24, 2.45) is 12.9 Å². The average molecular weight is 262 g/mol. The minimum atomic E-state index is 0.158. The number of hydrogen-bond acceptors (Lipinski definition) is 4. The first-order valence-corrected chi connectivity index (χ1v) is 6.55. The molecule has 2 unspecified atom stereocenters. The van der Waals surface area contributed by atoms with Gasteiger partial charge in [-0.25, -0.2) is 4.98 Å². The third kappa shape index (κ3) is 3.12. The van der Waals surface area contributed by atoms with Crippen LogP contribution in [0, 0.1) is 0 Å². The first kappa shape index (κ1) is 14.0. The van der Waals surface area contributed by atoms with Crippen molar-refractivity contribution in [2.75, 3.05) is 7.11 Å². The van der Waals surface area contributed by atoms with Gasteiger partial charge in [0.05, 0.1) is 17.1 Å². The van der Waals surface area contributed by atoms with Crippen molar-refractivity contribution < 1.29 is 4.74 Å². The summed E-state index contributed by atoms with van der Waals surface area (Å²) in [5.74, 6) is 6.66. The van der Waals surface area contributed by atoms with E-state index in [1.165, 1.54) is 0 Å². The van der Waals surface area contributed by atoms with Crippen LogP contribution in [0.2, 0.25) is 0 Å². The minimum absolute atomic E-state index is 0.158. The Balaban J connectivity index is 2.17. The number of nitrogens with two attached hydrogens (primary N) is 1. The topological polar surface area (TPSA) is 65.1 Å². The fourth-order valence-corrected chi connectivity index (χ4v) is 2.31. The van der Waals surface area contributed by atoms with E-state index in [0.29, 0.717) is 0 Å². The fourth-order valence-electron chi connectivity index (χ4n) is 2.31. The van der Waals surface area contributed by atoms with E-state index < -0.39 is 0 Å². The van der Waals surface area contributed by atoms with Crippen LogP contribution in [-0.4, -0.2) is 28.8 Å². The van der Waals surface area contributed by atoms with E-state index in [2.05, 4.69) is 21.0 Å². The van der Waals surface area contributed by atoms with Crippen LogP contribution in [0.5, 0.6) is 0 Å². The zero-order chi connectivity index (χ0) is 13.8. The number of para-hydroxylation sites is 2. The van der Waals surface area contributed by atoms with Crippen LogP contribution in [0.25, 0.3) is 11.0 Å². The van der Waals surface area contributed by atoms with Crippen molar-refractivity contribution in [3.05, 3.63) is 30.1 Å². The summed E-state index contributed by atoms with van der Waals surface area (Å²) < 4.78 is 7.41. The number of imidazole rings is 1. The molecule has 0 saturated heterocycles. The van der Waals surface area contributed by atoms with Gasteiger partial charge in [0, 0.05) is 26.6 Å². The Morgan fingerprint density at radius 1 is 1.42 bits per heavy atom. The van der Waals surface area contributed by atoms with Gasteiger partial charge in [-0.05, 0) is 25.5 Å². The zero-order valence-electron chi connectivity index (χ0n) is 11.8. The lowest BCUT2D eigenvalue weighted by molar-refractivity contribution is 0.100. The molecule has 5 heteroatoms. The number of nitrogens with zero attached hydrogens (tertiary/aromatic N) is 2. The molecule has 104 valence electrons. The van der Waals surface area contributed by atoms with Crippen molar-refractivity contribution in [1.82, 2.24) is 15.0 Å². The average Bonchev–Trinajstić information content (AvgIpc) is 2.75. The SMILES string of the molecule is COC(C)CC(Cc1nc2ccccc2n1C)NN. The molecule has 2 rings (SSSR count). The summed E-state index contributed by atoms with van der Waals surface area (Å²) in [5, 5.41) is 0. The van der Waals surface area contributed by atoms with Gasteiger partial charge in [0.2, 0.25) is 0 Å². The standard InChI is InChI=1S/C14H22N4O/c1-10(19-3)8-11(17-15)9-14-16-12-6-4-5-7-13(12)18(14)2/h4-7,10-11,17H,8-9,15H2,1-3H3. The van der Waals surface area contributed by atoms with Crippen LogP contribution in [-0.2, 0) is 18.2 Å². The molecule has 5 nitrogen and oxygen atoms in total. The maximum Gasteiger partial charge on any atom is 0.111 e. The summed E-state index contributed by atoms with van der Waals surface area (Å²) >= 11 is 0. The zero-order valence-corrected chi connectivity index (χ0v) is 11.8. The minimum Gasteiger partial charge on any atom is -0.382 e. The number of aryl methyl sites for hydroxylation is 1. The number of aromatic nitrogens is 2. The monoisotopic (exact) mass is 262 g/mol. The normalized spacial score (nSPS) is 14.7. The largest absolute Gasteiger partial charge is 0.382 e. The molecule has 2 atom stereocenters. The van der Waals surface area contributed by atoms with Crippen molar-refractivity contribution in [1.29, 1.82) is 0 Å². The van der Waals surface area contributed by atoms with Gasteiger partial charge < -0.3 is 9.30 Å². The van der Waals surface area contributed by atoms with Crippen molar-refractivity contribution >= 4 is 11.0 Å². The molecule has 1 aromatic carbocycles. The van der Waals surface area contributed by atoms with Crippen LogP contribution < -0.4 is 11.3 Å². The van der Waals surface area contributed by atoms with Gasteiger partial charge in [-0.2, -0.15) is 0 Å². The number of ether oxygens (including phenoxy) is 1. The van der Waals surface area contributed by atoms with E-state index in [1.807, 2.05) is 32.2 Å². The van der Waals surface area contributed by atoms with Gasteiger partial charge in [0.1, 0.15) is 5.82 Å². The molecule has 0 aliphatic rings. The number of methoxy groups -OCH3 is 1. The van der Waals surface area contributed by atoms with Crippen LogP contribution >= 0.6 is 0 Å². The predicted octanol–water partition coefficient (Wildman–Crippen LogP) is 1.37. The molecule has 3 N–H and O–H groups in total. The van der Waals surface area contributed by atoms with Gasteiger partial charge in [-0.1, -0.05) is 12.1 Å². The second-order valence-electron chi connectivity index (χ2n) is 4.93. The smallest absolute Gasteiger partial charge is 0.111 e. The molecule has 0 fully saturated rings. The maximum atomic E-state index is 5.63. The Morgan fingerprint density at radius 2 is 2.16 bits per heavy atom. The highest BCUT2D eigenvalue weighted by Crippen LogP contribution is 2.16. The first-order valence-electron chi connectivity index (χ1n) is 6.55. The fraction of sp³-hybridized carbons (Fsp3) is 0.500. The lowest BCUT2D eigenvalue weighted by atomic mass is 10.1. The molecular formula is C14H22N4O. The van der Waals surface area contributed by atoms with E-state index in [1.54, 1.807) is 7.11 Å². The summed E-state index contributed by atoms with van der Waals surface area (Å²) in [6.45, 7) is 2.04. The molecule has 0 aliphatic carbocycles. The second-order valence-corrected chi connectivity index (χ2v) is 4.93. The summed E-state index contributed by atoms with van der Waals surface area (Å²) in [5.41, 5.74) is 5.02. The number of nitrogens with one attached hydrogen (secondary N) is 1. The molecule has 1 aromatic heterocycles. The van der Waals surface area contributed by atoms with Gasteiger partial charge in [0.25, 0.3) is 0 Å². The van der Waals surface area contributed by atoms with Crippen molar-refractivity contribution in [2.45, 2.75) is 31.9 Å². The highest BCUT2D eigenvalue weighted by molar-refractivity contribution is 5.75. The van der Waals surface area contributed by atoms with Crippen molar-refractivity contribution in [3.8, 4) is 0 Å². The predicted molar refractivity (Wildman–Crippen MR) is 76.6 cm³/mol. The van der Waals surface area contributed by atoms with Gasteiger partial charge in [-0.15, -0.1) is 0 Å². The molecule has 19 heavy (non-hydrogen) atoms. The van der Waals surface area contributed by atoms with Crippen LogP contribution in [0.4, 0.5) is 0 Å². The molecule has 0 spiro atoms. The third-order valence-electron chi connectivity index (χ3n) is 3.56. The van der Waals surface area contributed by atoms with Crippen LogP contribution in [0.1, 0.15) is 19.2 Å². The molecule has 0 bridgehead atoms. The Morgan fingerprint density at radius 3 is 2.79 bits per heavy atom. The summed E-state index contributed by atoms with van der Waals surface area (Å²) in [6, 6.07) is 8.30. The third-order valence-corrected chi connectivity index (χ3v) is 3.56. The summed E-state index contributed by atoms with van der Waals surface area (Å²) in [7, 11) is 3.76. The van der Waals surface area contributed by atoms with E-state index in [4.69, 9.17) is 10.6 Å². The van der Waals surface area contributed by atoms with Gasteiger partial charge >= 0.3 is 0 Å². The molecule has 0 radical (unpaired) electrons. The highest BCUT2D eigenvalue weighted by atomic mass is 16.5. The van der Waals surface area contributed by atoms with Crippen molar-refractivity contribution in [3.63, 3.8) is 0 Å². The highest BCUT2D eigenvalue weighted by Gasteiger charge is 2.16. The van der Waals surface area contributed by atoms with E-state index >= 15 is 0 Å². The lowest BCUT2D eigenvalue weighted by Crippen LogP contribution is -2.39. The molecule has 0 amide bonds. The van der Waals surface area contributed by atoms with Crippen LogP contribution in [0.15, 0.2) is 24.3 Å². The van der Waals surface area contributed by atoms with E-state index in [-0.39, 0.29) is 12.1 Å². The maximum absolute atomic E-state index is 5.63. The number of fused-ring (bicyclic) bond motifs is 1.